The highest BCUT2D eigenvalue weighted by molar-refractivity contribution is 7.58. The Morgan fingerprint density at radius 1 is 1.44 bits per heavy atom. The average molecular weight is 378 g/mol. The van der Waals surface area contributed by atoms with E-state index in [-0.39, 0.29) is 17.7 Å². The Hall–Kier alpha value is -2.20. The van der Waals surface area contributed by atoms with E-state index in [9.17, 15) is 34.6 Å². The molecule has 1 rings (SSSR count). The van der Waals surface area contributed by atoms with Gasteiger partial charge in [-0.15, -0.1) is 0 Å². The van der Waals surface area contributed by atoms with Gasteiger partial charge in [0.05, 0.1) is 19.1 Å². The molecule has 0 aliphatic carbocycles. The quantitative estimate of drug-likeness (QED) is 0.214. The minimum Gasteiger partial charge on any atom is -0.500 e. The van der Waals surface area contributed by atoms with Crippen molar-refractivity contribution in [3.05, 3.63) is 27.8 Å². The number of hydrogen-bond acceptors (Lipinski definition) is 9. The minimum atomic E-state index is -4.30. The molecule has 11 nitrogen and oxygen atoms in total. The number of carbonyl (C=O) groups excluding carboxylic acids is 1. The molecule has 0 heterocycles. The highest BCUT2D eigenvalue weighted by Gasteiger charge is 2.34. The highest BCUT2D eigenvalue weighted by Crippen LogP contribution is 2.56. The zero-order chi connectivity index (χ0) is 19.4. The fraction of sp³-hybridized carbons (Fsp3) is 0.462. The van der Waals surface area contributed by atoms with Gasteiger partial charge in [-0.25, -0.2) is 0 Å². The molecular formula is C13H19N2O9P. The van der Waals surface area contributed by atoms with Crippen molar-refractivity contribution < 1.29 is 38.9 Å². The fourth-order valence-corrected chi connectivity index (χ4v) is 3.51. The Bertz CT molecular complexity index is 709. The molecule has 0 aromatic heterocycles. The predicted octanol–water partition coefficient (Wildman–Crippen LogP) is 0.461. The summed E-state index contributed by atoms with van der Waals surface area (Å²) in [4.78, 5) is 31.3. The van der Waals surface area contributed by atoms with E-state index in [1.165, 1.54) is 0 Å². The summed E-state index contributed by atoms with van der Waals surface area (Å²) in [6.45, 7) is 0. The monoisotopic (exact) mass is 378 g/mol. The van der Waals surface area contributed by atoms with Crippen molar-refractivity contribution in [2.24, 2.45) is 5.73 Å². The molecule has 3 atom stereocenters. The van der Waals surface area contributed by atoms with Gasteiger partial charge in [0.2, 0.25) is 13.1 Å². The van der Waals surface area contributed by atoms with Crippen LogP contribution in [0.3, 0.4) is 0 Å². The summed E-state index contributed by atoms with van der Waals surface area (Å²) in [7, 11) is -2.06. The van der Waals surface area contributed by atoms with Crippen LogP contribution in [0.4, 0.5) is 5.69 Å². The number of nitro groups is 1. The maximum absolute atomic E-state index is 12.3. The van der Waals surface area contributed by atoms with Crippen molar-refractivity contribution in [2.75, 3.05) is 20.4 Å². The lowest BCUT2D eigenvalue weighted by molar-refractivity contribution is -0.386. The van der Waals surface area contributed by atoms with Crippen LogP contribution in [0.2, 0.25) is 0 Å². The molecular weight excluding hydrogens is 359 g/mol. The first-order valence-corrected chi connectivity index (χ1v) is 8.84. The van der Waals surface area contributed by atoms with Crippen LogP contribution < -0.4 is 10.5 Å². The number of methoxy groups -OCH3 is 2. The number of esters is 1. The Kier molecular flexibility index (Phi) is 6.88. The topological polar surface area (TPSA) is 182 Å². The van der Waals surface area contributed by atoms with Crippen molar-refractivity contribution in [1.29, 1.82) is 0 Å². The van der Waals surface area contributed by atoms with Crippen LogP contribution in [-0.2, 0) is 14.1 Å². The first kappa shape index (κ1) is 20.8. The molecule has 0 aliphatic heterocycles. The molecule has 0 radical (unpaired) electrons. The third kappa shape index (κ3) is 4.89. The van der Waals surface area contributed by atoms with Crippen LogP contribution in [0.1, 0.15) is 17.8 Å². The SMILES string of the molecule is COC(=O)[C@@H](N)CCP(=O)(O)[C@@H](O)c1cc(OC)c(O)c([N+](=O)[O-])c1. The van der Waals surface area contributed by atoms with Crippen LogP contribution >= 0.6 is 7.37 Å². The van der Waals surface area contributed by atoms with E-state index in [1.54, 1.807) is 0 Å². The second kappa shape index (κ2) is 8.26. The standard InChI is InChI=1S/C13H19N2O9P/c1-23-10-6-7(5-9(11(10)16)15(19)20)13(18)25(21,22)4-3-8(14)12(17)24-2/h5-6,8,13,16,18H,3-4,14H2,1-2H3,(H,21,22)/t8-,13+/m0/s1. The van der Waals surface area contributed by atoms with E-state index in [0.717, 1.165) is 26.4 Å². The highest BCUT2D eigenvalue weighted by atomic mass is 31.2. The molecule has 12 heteroatoms. The van der Waals surface area contributed by atoms with Crippen molar-refractivity contribution in [2.45, 2.75) is 18.3 Å². The van der Waals surface area contributed by atoms with Gasteiger partial charge in [0.15, 0.2) is 11.6 Å². The van der Waals surface area contributed by atoms with Crippen LogP contribution in [0.25, 0.3) is 0 Å². The number of rotatable bonds is 8. The molecule has 0 saturated heterocycles. The van der Waals surface area contributed by atoms with Crippen molar-refractivity contribution in [1.82, 2.24) is 0 Å². The van der Waals surface area contributed by atoms with Crippen molar-refractivity contribution in [3.63, 3.8) is 0 Å². The summed E-state index contributed by atoms with van der Waals surface area (Å²) in [6.07, 6.45) is -0.768. The molecule has 1 aromatic rings. The van der Waals surface area contributed by atoms with E-state index in [0.29, 0.717) is 0 Å². The Morgan fingerprint density at radius 3 is 2.52 bits per heavy atom. The smallest absolute Gasteiger partial charge is 0.322 e. The number of phenols is 1. The van der Waals surface area contributed by atoms with Crippen LogP contribution in [0.15, 0.2) is 12.1 Å². The lowest BCUT2D eigenvalue weighted by Gasteiger charge is -2.20. The molecule has 0 fully saturated rings. The molecule has 25 heavy (non-hydrogen) atoms. The van der Waals surface area contributed by atoms with E-state index < -0.39 is 47.7 Å². The van der Waals surface area contributed by atoms with Gasteiger partial charge in [-0.1, -0.05) is 0 Å². The number of nitrogens with two attached hydrogens (primary N) is 1. The van der Waals surface area contributed by atoms with Gasteiger partial charge in [0.1, 0.15) is 6.04 Å². The predicted molar refractivity (Wildman–Crippen MR) is 85.6 cm³/mol. The third-order valence-electron chi connectivity index (χ3n) is 3.44. The summed E-state index contributed by atoms with van der Waals surface area (Å²) >= 11 is 0. The molecule has 0 amide bonds. The fourth-order valence-electron chi connectivity index (χ4n) is 2.01. The molecule has 1 aromatic carbocycles. The molecule has 1 unspecified atom stereocenters. The second-order valence-electron chi connectivity index (χ2n) is 5.12. The lowest BCUT2D eigenvalue weighted by atomic mass is 10.2. The van der Waals surface area contributed by atoms with E-state index >= 15 is 0 Å². The van der Waals surface area contributed by atoms with Gasteiger partial charge in [0, 0.05) is 17.8 Å². The van der Waals surface area contributed by atoms with Crippen molar-refractivity contribution in [3.8, 4) is 11.5 Å². The second-order valence-corrected chi connectivity index (χ2v) is 7.57. The van der Waals surface area contributed by atoms with Crippen molar-refractivity contribution >= 4 is 19.0 Å². The number of nitrogens with zero attached hydrogens (tertiary/aromatic N) is 1. The van der Waals surface area contributed by atoms with Gasteiger partial charge < -0.3 is 30.3 Å². The molecule has 0 spiro atoms. The van der Waals surface area contributed by atoms with E-state index in [1.807, 2.05) is 0 Å². The van der Waals surface area contributed by atoms with Crippen LogP contribution in [-0.4, -0.2) is 52.4 Å². The van der Waals surface area contributed by atoms with Gasteiger partial charge in [-0.3, -0.25) is 19.5 Å². The normalized spacial score (nSPS) is 15.7. The number of aliphatic hydroxyl groups excluding tert-OH is 1. The largest absolute Gasteiger partial charge is 0.500 e. The summed E-state index contributed by atoms with van der Waals surface area (Å²) in [5.41, 5.74) is 4.39. The maximum Gasteiger partial charge on any atom is 0.322 e. The number of aliphatic hydroxyl groups is 1. The summed E-state index contributed by atoms with van der Waals surface area (Å²) in [6, 6.07) is 0.628. The number of phenolic OH excluding ortho intramolecular Hbond substituents is 1. The first-order chi connectivity index (χ1) is 11.5. The lowest BCUT2D eigenvalue weighted by Crippen LogP contribution is -2.32. The minimum absolute atomic E-state index is 0.241. The van der Waals surface area contributed by atoms with E-state index in [4.69, 9.17) is 10.5 Å². The molecule has 140 valence electrons. The molecule has 0 bridgehead atoms. The number of ether oxygens (including phenoxy) is 2. The average Bonchev–Trinajstić information content (AvgIpc) is 2.58. The number of hydrogen-bond donors (Lipinski definition) is 4. The molecule has 0 saturated carbocycles. The van der Waals surface area contributed by atoms with Gasteiger partial charge >= 0.3 is 11.7 Å². The number of benzene rings is 1. The Morgan fingerprint density at radius 2 is 2.04 bits per heavy atom. The Labute approximate surface area is 142 Å². The Balaban J connectivity index is 3.10. The zero-order valence-electron chi connectivity index (χ0n) is 13.5. The van der Waals surface area contributed by atoms with E-state index in [2.05, 4.69) is 4.74 Å². The summed E-state index contributed by atoms with van der Waals surface area (Å²) in [5, 5.41) is 30.8. The van der Waals surface area contributed by atoms with Crippen LogP contribution in [0, 0.1) is 10.1 Å². The number of carbonyl (C=O) groups is 1. The number of aromatic hydroxyl groups is 1. The third-order valence-corrected chi connectivity index (χ3v) is 5.40. The maximum atomic E-state index is 12.3. The first-order valence-electron chi connectivity index (χ1n) is 6.93. The van der Waals surface area contributed by atoms with Gasteiger partial charge in [0.25, 0.3) is 0 Å². The van der Waals surface area contributed by atoms with Gasteiger partial charge in [-0.05, 0) is 12.5 Å². The summed E-state index contributed by atoms with van der Waals surface area (Å²) in [5.74, 6) is -3.89. The summed E-state index contributed by atoms with van der Waals surface area (Å²) < 4.78 is 21.5. The van der Waals surface area contributed by atoms with Crippen LogP contribution in [0.5, 0.6) is 11.5 Å². The zero-order valence-corrected chi connectivity index (χ0v) is 14.4. The molecule has 0 aliphatic rings. The van der Waals surface area contributed by atoms with Gasteiger partial charge in [-0.2, -0.15) is 0 Å². The molecule has 5 N–H and O–H groups in total. The number of nitro benzene ring substituents is 1.